The fraction of sp³-hybridized carbons (Fsp3) is 0.211. The molecular formula is C19H18O5. The fourth-order valence-corrected chi connectivity index (χ4v) is 2.22. The van der Waals surface area contributed by atoms with Crippen LogP contribution in [0.3, 0.4) is 0 Å². The average molecular weight is 326 g/mol. The minimum absolute atomic E-state index is 0.0682. The van der Waals surface area contributed by atoms with Crippen molar-refractivity contribution < 1.29 is 24.2 Å². The average Bonchev–Trinajstić information content (AvgIpc) is 2.59. The highest BCUT2D eigenvalue weighted by atomic mass is 16.5. The number of ether oxygens (including phenoxy) is 1. The summed E-state index contributed by atoms with van der Waals surface area (Å²) in [6.45, 7) is 2.75. The molecule has 0 amide bonds. The maximum atomic E-state index is 12.4. The van der Waals surface area contributed by atoms with Crippen molar-refractivity contribution in [3.05, 3.63) is 65.2 Å². The smallest absolute Gasteiger partial charge is 0.237 e. The lowest BCUT2D eigenvalue weighted by molar-refractivity contribution is 0.0487. The van der Waals surface area contributed by atoms with E-state index < -0.39 is 23.0 Å². The van der Waals surface area contributed by atoms with Gasteiger partial charge in [-0.25, -0.2) is 0 Å². The van der Waals surface area contributed by atoms with Crippen LogP contribution in [0.5, 0.6) is 5.75 Å². The Morgan fingerprint density at radius 1 is 0.917 bits per heavy atom. The number of carbonyl (C=O) groups excluding carboxylic acids is 3. The standard InChI is InChI=1S/C19H18O5/c1-19(2,23)18(22)13-9-10-14(15(11-13)24-3)17(21)16(20)12-7-5-4-6-8-12/h4-11,23H,1-3H3. The van der Waals surface area contributed by atoms with Crippen LogP contribution in [0.2, 0.25) is 0 Å². The molecule has 0 saturated carbocycles. The van der Waals surface area contributed by atoms with Gasteiger partial charge in [0.05, 0.1) is 12.7 Å². The lowest BCUT2D eigenvalue weighted by Gasteiger charge is -2.16. The topological polar surface area (TPSA) is 80.7 Å². The molecule has 0 atom stereocenters. The van der Waals surface area contributed by atoms with E-state index in [0.717, 1.165) is 0 Å². The third-order valence-corrected chi connectivity index (χ3v) is 3.51. The summed E-state index contributed by atoms with van der Waals surface area (Å²) in [5.74, 6) is -1.77. The zero-order chi connectivity index (χ0) is 17.9. The van der Waals surface area contributed by atoms with Gasteiger partial charge in [0.2, 0.25) is 11.6 Å². The van der Waals surface area contributed by atoms with Crippen LogP contribution in [0.4, 0.5) is 0 Å². The predicted octanol–water partition coefficient (Wildman–Crippen LogP) is 2.71. The normalized spacial score (nSPS) is 11.0. The summed E-state index contributed by atoms with van der Waals surface area (Å²) < 4.78 is 5.15. The Morgan fingerprint density at radius 3 is 2.08 bits per heavy atom. The van der Waals surface area contributed by atoms with Crippen molar-refractivity contribution in [2.75, 3.05) is 7.11 Å². The van der Waals surface area contributed by atoms with Gasteiger partial charge < -0.3 is 9.84 Å². The van der Waals surface area contributed by atoms with E-state index in [2.05, 4.69) is 0 Å². The van der Waals surface area contributed by atoms with E-state index in [-0.39, 0.29) is 22.4 Å². The van der Waals surface area contributed by atoms with Crippen molar-refractivity contribution in [1.29, 1.82) is 0 Å². The Bertz CT molecular complexity index is 785. The van der Waals surface area contributed by atoms with Gasteiger partial charge in [0.25, 0.3) is 0 Å². The molecule has 2 aromatic carbocycles. The van der Waals surface area contributed by atoms with Crippen LogP contribution in [0, 0.1) is 0 Å². The number of hydrogen-bond donors (Lipinski definition) is 1. The minimum atomic E-state index is -1.55. The largest absolute Gasteiger partial charge is 0.496 e. The molecule has 124 valence electrons. The molecular weight excluding hydrogens is 308 g/mol. The van der Waals surface area contributed by atoms with E-state index >= 15 is 0 Å². The molecule has 0 unspecified atom stereocenters. The van der Waals surface area contributed by atoms with Gasteiger partial charge in [0.15, 0.2) is 5.78 Å². The Hall–Kier alpha value is -2.79. The van der Waals surface area contributed by atoms with Crippen molar-refractivity contribution in [3.8, 4) is 5.75 Å². The van der Waals surface area contributed by atoms with Crippen molar-refractivity contribution in [1.82, 2.24) is 0 Å². The molecule has 0 spiro atoms. The van der Waals surface area contributed by atoms with Crippen LogP contribution in [-0.2, 0) is 0 Å². The predicted molar refractivity (Wildman–Crippen MR) is 88.7 cm³/mol. The number of ketones is 3. The summed E-state index contributed by atoms with van der Waals surface area (Å²) in [6.07, 6.45) is 0. The summed E-state index contributed by atoms with van der Waals surface area (Å²) in [6, 6.07) is 12.3. The van der Waals surface area contributed by atoms with E-state index in [4.69, 9.17) is 4.74 Å². The summed E-state index contributed by atoms with van der Waals surface area (Å²) in [5, 5.41) is 9.81. The van der Waals surface area contributed by atoms with Gasteiger partial charge in [0.1, 0.15) is 11.4 Å². The monoisotopic (exact) mass is 326 g/mol. The molecule has 0 aliphatic rings. The first-order valence-corrected chi connectivity index (χ1v) is 7.35. The molecule has 24 heavy (non-hydrogen) atoms. The summed E-state index contributed by atoms with van der Waals surface area (Å²) in [4.78, 5) is 36.8. The molecule has 0 aromatic heterocycles. The third kappa shape index (κ3) is 3.58. The van der Waals surface area contributed by atoms with Crippen LogP contribution in [-0.4, -0.2) is 35.2 Å². The van der Waals surface area contributed by atoms with Crippen molar-refractivity contribution >= 4 is 17.3 Å². The lowest BCUT2D eigenvalue weighted by atomic mass is 9.94. The number of carbonyl (C=O) groups is 3. The van der Waals surface area contributed by atoms with E-state index in [1.807, 2.05) is 0 Å². The molecule has 0 aliphatic heterocycles. The van der Waals surface area contributed by atoms with Gasteiger partial charge in [-0.1, -0.05) is 36.4 Å². The van der Waals surface area contributed by atoms with Crippen LogP contribution < -0.4 is 4.74 Å². The lowest BCUT2D eigenvalue weighted by Crippen LogP contribution is -2.31. The second kappa shape index (κ2) is 6.76. The first-order chi connectivity index (χ1) is 11.3. The summed E-state index contributed by atoms with van der Waals surface area (Å²) >= 11 is 0. The molecule has 5 heteroatoms. The van der Waals surface area contributed by atoms with Gasteiger partial charge in [-0.3, -0.25) is 14.4 Å². The Kier molecular flexibility index (Phi) is 4.95. The molecule has 0 saturated heterocycles. The first-order valence-electron chi connectivity index (χ1n) is 7.35. The van der Waals surface area contributed by atoms with E-state index in [1.54, 1.807) is 30.3 Å². The van der Waals surface area contributed by atoms with Gasteiger partial charge in [-0.05, 0) is 26.0 Å². The van der Waals surface area contributed by atoms with E-state index in [1.165, 1.54) is 39.2 Å². The SMILES string of the molecule is COc1cc(C(=O)C(C)(C)O)ccc1C(=O)C(=O)c1ccccc1. The quantitative estimate of drug-likeness (QED) is 0.652. The highest BCUT2D eigenvalue weighted by Gasteiger charge is 2.28. The molecule has 2 aromatic rings. The molecule has 1 N–H and O–H groups in total. The Labute approximate surface area is 139 Å². The first kappa shape index (κ1) is 17.6. The molecule has 2 rings (SSSR count). The van der Waals surface area contributed by atoms with Crippen LogP contribution in [0.1, 0.15) is 44.9 Å². The van der Waals surface area contributed by atoms with Crippen LogP contribution in [0.25, 0.3) is 0 Å². The maximum Gasteiger partial charge on any atom is 0.237 e. The van der Waals surface area contributed by atoms with Crippen molar-refractivity contribution in [2.45, 2.75) is 19.4 Å². The summed E-state index contributed by atoms with van der Waals surface area (Å²) in [5.41, 5.74) is -1.00. The molecule has 0 fully saturated rings. The number of hydrogen-bond acceptors (Lipinski definition) is 5. The zero-order valence-corrected chi connectivity index (χ0v) is 13.7. The zero-order valence-electron chi connectivity index (χ0n) is 13.7. The maximum absolute atomic E-state index is 12.4. The molecule has 0 bridgehead atoms. The van der Waals surface area contributed by atoms with Crippen LogP contribution in [0.15, 0.2) is 48.5 Å². The Morgan fingerprint density at radius 2 is 1.54 bits per heavy atom. The van der Waals surface area contributed by atoms with Gasteiger partial charge in [-0.2, -0.15) is 0 Å². The van der Waals surface area contributed by atoms with Gasteiger partial charge >= 0.3 is 0 Å². The number of benzene rings is 2. The fourth-order valence-electron chi connectivity index (χ4n) is 2.22. The number of Topliss-reactive ketones (excluding diaryl/α,β-unsaturated/α-hetero) is 3. The van der Waals surface area contributed by atoms with Gasteiger partial charge in [0, 0.05) is 11.1 Å². The number of aliphatic hydroxyl groups is 1. The number of methoxy groups -OCH3 is 1. The molecule has 5 nitrogen and oxygen atoms in total. The van der Waals surface area contributed by atoms with Crippen molar-refractivity contribution in [2.24, 2.45) is 0 Å². The molecule has 0 aliphatic carbocycles. The highest BCUT2D eigenvalue weighted by Crippen LogP contribution is 2.24. The van der Waals surface area contributed by atoms with Crippen molar-refractivity contribution in [3.63, 3.8) is 0 Å². The third-order valence-electron chi connectivity index (χ3n) is 3.51. The number of rotatable bonds is 6. The minimum Gasteiger partial charge on any atom is -0.496 e. The van der Waals surface area contributed by atoms with Crippen LogP contribution >= 0.6 is 0 Å². The summed E-state index contributed by atoms with van der Waals surface area (Å²) in [7, 11) is 1.34. The van der Waals surface area contributed by atoms with Gasteiger partial charge in [-0.15, -0.1) is 0 Å². The molecule has 0 heterocycles. The second-order valence-corrected chi connectivity index (χ2v) is 5.83. The highest BCUT2D eigenvalue weighted by molar-refractivity contribution is 6.49. The second-order valence-electron chi connectivity index (χ2n) is 5.83. The van der Waals surface area contributed by atoms with E-state index in [9.17, 15) is 19.5 Å². The molecule has 0 radical (unpaired) electrons. The Balaban J connectivity index is 2.39. The van der Waals surface area contributed by atoms with E-state index in [0.29, 0.717) is 0 Å².